The lowest BCUT2D eigenvalue weighted by atomic mass is 10.2. The van der Waals surface area contributed by atoms with E-state index in [9.17, 15) is 4.79 Å². The Kier molecular flexibility index (Phi) is 5.24. The first-order valence-corrected chi connectivity index (χ1v) is 9.82. The zero-order chi connectivity index (χ0) is 16.2. The van der Waals surface area contributed by atoms with E-state index >= 15 is 0 Å². The minimum atomic E-state index is -0.0327. The number of hydrogen-bond acceptors (Lipinski definition) is 7. The summed E-state index contributed by atoms with van der Waals surface area (Å²) in [4.78, 5) is 16.6. The summed E-state index contributed by atoms with van der Waals surface area (Å²) in [6.45, 7) is 4.58. The Morgan fingerprint density at radius 3 is 2.87 bits per heavy atom. The highest BCUT2D eigenvalue weighted by atomic mass is 32.2. The van der Waals surface area contributed by atoms with Crippen LogP contribution in [-0.2, 0) is 0 Å². The van der Waals surface area contributed by atoms with Crippen molar-refractivity contribution in [2.75, 3.05) is 12.3 Å². The Morgan fingerprint density at radius 1 is 1.22 bits per heavy atom. The Hall–Kier alpha value is -1.51. The van der Waals surface area contributed by atoms with Crippen molar-refractivity contribution in [1.29, 1.82) is 0 Å². The number of amides is 1. The molecule has 5 nitrogen and oxygen atoms in total. The zero-order valence-corrected chi connectivity index (χ0v) is 15.3. The number of aryl methyl sites for hydroxylation is 2. The van der Waals surface area contributed by atoms with Crippen LogP contribution in [0.4, 0.5) is 0 Å². The molecule has 0 saturated carbocycles. The van der Waals surface area contributed by atoms with Gasteiger partial charge >= 0.3 is 0 Å². The van der Waals surface area contributed by atoms with Gasteiger partial charge in [-0.2, -0.15) is 0 Å². The summed E-state index contributed by atoms with van der Waals surface area (Å²) < 4.78 is 2.04. The van der Waals surface area contributed by atoms with Crippen molar-refractivity contribution < 1.29 is 4.79 Å². The summed E-state index contributed by atoms with van der Waals surface area (Å²) in [6.07, 6.45) is 0.900. The summed E-state index contributed by atoms with van der Waals surface area (Å²) in [5, 5.41) is 13.0. The van der Waals surface area contributed by atoms with E-state index in [1.54, 1.807) is 34.4 Å². The predicted octanol–water partition coefficient (Wildman–Crippen LogP) is 3.68. The topological polar surface area (TPSA) is 67.8 Å². The first-order chi connectivity index (χ1) is 11.1. The fourth-order valence-electron chi connectivity index (χ4n) is 2.05. The van der Waals surface area contributed by atoms with Crippen molar-refractivity contribution >= 4 is 50.6 Å². The molecular formula is C15H16N4OS3. The van der Waals surface area contributed by atoms with Crippen LogP contribution in [0.3, 0.4) is 0 Å². The molecule has 1 amide bonds. The highest BCUT2D eigenvalue weighted by Crippen LogP contribution is 2.23. The number of thiazole rings is 1. The number of carbonyl (C=O) groups is 1. The van der Waals surface area contributed by atoms with E-state index in [0.29, 0.717) is 12.1 Å². The lowest BCUT2D eigenvalue weighted by Crippen LogP contribution is -2.24. The van der Waals surface area contributed by atoms with Crippen LogP contribution in [0, 0.1) is 13.8 Å². The minimum Gasteiger partial charge on any atom is -0.352 e. The summed E-state index contributed by atoms with van der Waals surface area (Å²) in [7, 11) is 0. The van der Waals surface area contributed by atoms with Crippen molar-refractivity contribution in [2.24, 2.45) is 0 Å². The van der Waals surface area contributed by atoms with Crippen LogP contribution >= 0.6 is 34.4 Å². The Labute approximate surface area is 146 Å². The maximum absolute atomic E-state index is 12.2. The fraction of sp³-hybridized carbons (Fsp3) is 0.333. The van der Waals surface area contributed by atoms with Crippen LogP contribution in [-0.4, -0.2) is 33.4 Å². The van der Waals surface area contributed by atoms with E-state index < -0.39 is 0 Å². The third-order valence-corrected chi connectivity index (χ3v) is 6.09. The van der Waals surface area contributed by atoms with Crippen molar-refractivity contribution in [3.8, 4) is 0 Å². The van der Waals surface area contributed by atoms with E-state index in [2.05, 4.69) is 20.5 Å². The number of nitrogens with one attached hydrogen (secondary N) is 1. The normalized spacial score (nSPS) is 11.0. The van der Waals surface area contributed by atoms with Crippen molar-refractivity contribution in [3.05, 3.63) is 33.8 Å². The Bertz CT molecular complexity index is 827. The number of fused-ring (bicyclic) bond motifs is 1. The predicted molar refractivity (Wildman–Crippen MR) is 96.7 cm³/mol. The third kappa shape index (κ3) is 4.27. The van der Waals surface area contributed by atoms with Crippen LogP contribution in [0.25, 0.3) is 10.2 Å². The number of nitrogens with zero attached hydrogens (tertiary/aromatic N) is 3. The van der Waals surface area contributed by atoms with Crippen LogP contribution in [0.2, 0.25) is 0 Å². The van der Waals surface area contributed by atoms with Crippen LogP contribution in [0.1, 0.15) is 26.8 Å². The molecule has 0 unspecified atom stereocenters. The average molecular weight is 365 g/mol. The van der Waals surface area contributed by atoms with Gasteiger partial charge in [0.05, 0.1) is 15.2 Å². The molecule has 0 saturated heterocycles. The summed E-state index contributed by atoms with van der Waals surface area (Å²) >= 11 is 4.89. The van der Waals surface area contributed by atoms with E-state index in [1.165, 1.54) is 0 Å². The molecule has 120 valence electrons. The van der Waals surface area contributed by atoms with Gasteiger partial charge in [0.2, 0.25) is 0 Å². The SMILES string of the molecule is Cc1nnc(SCCCNC(=O)c2ccc3nc(C)sc3c2)s1. The second-order valence-electron chi connectivity index (χ2n) is 4.96. The monoisotopic (exact) mass is 364 g/mol. The molecule has 0 aliphatic heterocycles. The molecule has 23 heavy (non-hydrogen) atoms. The van der Waals surface area contributed by atoms with Gasteiger partial charge in [0.25, 0.3) is 5.91 Å². The van der Waals surface area contributed by atoms with Gasteiger partial charge in [0, 0.05) is 17.9 Å². The first kappa shape index (κ1) is 16.4. The summed E-state index contributed by atoms with van der Waals surface area (Å²) in [5.74, 6) is 0.886. The highest BCUT2D eigenvalue weighted by Gasteiger charge is 2.08. The highest BCUT2D eigenvalue weighted by molar-refractivity contribution is 8.01. The van der Waals surface area contributed by atoms with Gasteiger partial charge in [-0.15, -0.1) is 21.5 Å². The molecule has 2 aromatic heterocycles. The number of hydrogen-bond donors (Lipinski definition) is 1. The number of thioether (sulfide) groups is 1. The van der Waals surface area contributed by atoms with Crippen LogP contribution < -0.4 is 5.32 Å². The molecule has 0 radical (unpaired) electrons. The number of rotatable bonds is 6. The van der Waals surface area contributed by atoms with Gasteiger partial charge in [-0.25, -0.2) is 4.98 Å². The Balaban J connectivity index is 1.46. The smallest absolute Gasteiger partial charge is 0.251 e. The lowest BCUT2D eigenvalue weighted by Gasteiger charge is -2.04. The number of aromatic nitrogens is 3. The molecule has 1 aromatic carbocycles. The molecule has 0 spiro atoms. The second kappa shape index (κ2) is 7.37. The molecule has 1 N–H and O–H groups in total. The van der Waals surface area contributed by atoms with Crippen molar-refractivity contribution in [3.63, 3.8) is 0 Å². The van der Waals surface area contributed by atoms with Gasteiger partial charge in [-0.05, 0) is 38.5 Å². The van der Waals surface area contributed by atoms with E-state index in [1.807, 2.05) is 32.0 Å². The maximum Gasteiger partial charge on any atom is 0.251 e. The quantitative estimate of drug-likeness (QED) is 0.534. The van der Waals surface area contributed by atoms with Gasteiger partial charge < -0.3 is 5.32 Å². The van der Waals surface area contributed by atoms with Crippen molar-refractivity contribution in [1.82, 2.24) is 20.5 Å². The van der Waals surface area contributed by atoms with Gasteiger partial charge in [0.15, 0.2) is 4.34 Å². The second-order valence-corrected chi connectivity index (χ2v) is 8.72. The number of carbonyl (C=O) groups excluding carboxylic acids is 1. The summed E-state index contributed by atoms with van der Waals surface area (Å²) in [5.41, 5.74) is 1.64. The van der Waals surface area contributed by atoms with E-state index in [-0.39, 0.29) is 5.91 Å². The largest absolute Gasteiger partial charge is 0.352 e. The third-order valence-electron chi connectivity index (χ3n) is 3.10. The molecule has 2 heterocycles. The van der Waals surface area contributed by atoms with E-state index in [4.69, 9.17) is 0 Å². The molecule has 8 heteroatoms. The average Bonchev–Trinajstić information content (AvgIpc) is 3.10. The fourth-order valence-corrected chi connectivity index (χ4v) is 4.75. The number of benzene rings is 1. The molecule has 0 fully saturated rings. The summed E-state index contributed by atoms with van der Waals surface area (Å²) in [6, 6.07) is 5.64. The standard InChI is InChI=1S/C15H16N4OS3/c1-9-17-12-5-4-11(8-13(12)22-9)14(20)16-6-3-7-21-15-19-18-10(2)23-15/h4-5,8H,3,6-7H2,1-2H3,(H,16,20). The van der Waals surface area contributed by atoms with Crippen LogP contribution in [0.5, 0.6) is 0 Å². The van der Waals surface area contributed by atoms with E-state index in [0.717, 1.165) is 36.7 Å². The van der Waals surface area contributed by atoms with Crippen LogP contribution in [0.15, 0.2) is 22.5 Å². The van der Waals surface area contributed by atoms with Gasteiger partial charge in [-0.1, -0.05) is 23.1 Å². The molecule has 3 rings (SSSR count). The zero-order valence-electron chi connectivity index (χ0n) is 12.8. The molecular weight excluding hydrogens is 348 g/mol. The molecule has 0 aliphatic rings. The molecule has 0 bridgehead atoms. The first-order valence-electron chi connectivity index (χ1n) is 7.20. The van der Waals surface area contributed by atoms with Crippen molar-refractivity contribution in [2.45, 2.75) is 24.6 Å². The lowest BCUT2D eigenvalue weighted by molar-refractivity contribution is 0.0954. The molecule has 3 aromatic rings. The molecule has 0 atom stereocenters. The maximum atomic E-state index is 12.2. The minimum absolute atomic E-state index is 0.0327. The van der Waals surface area contributed by atoms with Gasteiger partial charge in [-0.3, -0.25) is 4.79 Å². The molecule has 0 aliphatic carbocycles. The van der Waals surface area contributed by atoms with Gasteiger partial charge in [0.1, 0.15) is 5.01 Å². The Morgan fingerprint density at radius 2 is 2.09 bits per heavy atom.